The predicted molar refractivity (Wildman–Crippen MR) is 99.6 cm³/mol. The molecule has 1 amide bonds. The zero-order valence-corrected chi connectivity index (χ0v) is 15.6. The Morgan fingerprint density at radius 2 is 2.08 bits per heavy atom. The Bertz CT molecular complexity index is 876. The van der Waals surface area contributed by atoms with Gasteiger partial charge in [-0.1, -0.05) is 23.9 Å². The molecule has 3 aromatic rings. The number of amides is 1. The van der Waals surface area contributed by atoms with Crippen LogP contribution in [0, 0.1) is 6.92 Å². The van der Waals surface area contributed by atoms with Gasteiger partial charge in [0.2, 0.25) is 0 Å². The largest absolute Gasteiger partial charge is 0.347 e. The topological polar surface area (TPSA) is 42.0 Å². The quantitative estimate of drug-likeness (QED) is 0.565. The Morgan fingerprint density at radius 1 is 1.28 bits per heavy atom. The molecule has 1 aromatic carbocycles. The molecule has 0 aliphatic rings. The van der Waals surface area contributed by atoms with Gasteiger partial charge in [-0.05, 0) is 31.2 Å². The maximum absolute atomic E-state index is 12.6. The van der Waals surface area contributed by atoms with Crippen molar-refractivity contribution in [1.82, 2.24) is 10.3 Å². The van der Waals surface area contributed by atoms with Crippen molar-refractivity contribution >= 4 is 40.3 Å². The summed E-state index contributed by atoms with van der Waals surface area (Å²) in [4.78, 5) is 19.1. The van der Waals surface area contributed by atoms with E-state index in [4.69, 9.17) is 0 Å². The number of halogens is 2. The number of carbonyl (C=O) groups excluding carboxylic acids is 1. The van der Waals surface area contributed by atoms with Gasteiger partial charge in [0.15, 0.2) is 0 Å². The molecule has 0 fully saturated rings. The van der Waals surface area contributed by atoms with Gasteiger partial charge in [-0.25, -0.2) is 4.98 Å². The van der Waals surface area contributed by atoms with E-state index in [9.17, 15) is 13.6 Å². The van der Waals surface area contributed by atoms with Crippen molar-refractivity contribution in [3.8, 4) is 10.6 Å². The van der Waals surface area contributed by atoms with E-state index in [2.05, 4.69) is 10.3 Å². The Morgan fingerprint density at radius 3 is 2.80 bits per heavy atom. The number of aromatic nitrogens is 1. The number of hydrogen-bond donors (Lipinski definition) is 1. The van der Waals surface area contributed by atoms with Crippen molar-refractivity contribution in [2.24, 2.45) is 0 Å². The van der Waals surface area contributed by atoms with E-state index in [1.54, 1.807) is 40.9 Å². The molecule has 0 bridgehead atoms. The molecule has 25 heavy (non-hydrogen) atoms. The average Bonchev–Trinajstić information content (AvgIpc) is 3.21. The third-order valence-corrected chi connectivity index (χ3v) is 5.97. The highest BCUT2D eigenvalue weighted by atomic mass is 32.2. The van der Waals surface area contributed by atoms with E-state index in [0.29, 0.717) is 18.3 Å². The van der Waals surface area contributed by atoms with E-state index < -0.39 is 5.76 Å². The number of carbonyl (C=O) groups is 1. The maximum Gasteiger partial charge on any atom is 0.288 e. The van der Waals surface area contributed by atoms with Gasteiger partial charge in [-0.15, -0.1) is 22.7 Å². The van der Waals surface area contributed by atoms with Crippen LogP contribution in [0.1, 0.15) is 20.2 Å². The van der Waals surface area contributed by atoms with Gasteiger partial charge >= 0.3 is 0 Å². The van der Waals surface area contributed by atoms with Crippen molar-refractivity contribution in [1.29, 1.82) is 0 Å². The van der Waals surface area contributed by atoms with Crippen LogP contribution in [-0.4, -0.2) is 16.6 Å². The van der Waals surface area contributed by atoms with E-state index in [1.165, 1.54) is 6.07 Å². The minimum Gasteiger partial charge on any atom is -0.347 e. The standard InChI is InChI=1S/C17H14F2N2OS3/c1-10-21-13(9-23-10)15-7-6-11(24-15)8-20-16(22)12-4-2-3-5-14(12)25-17(18)19/h2-7,9,17H,8H2,1H3,(H,20,22). The summed E-state index contributed by atoms with van der Waals surface area (Å²) in [6, 6.07) is 10.3. The minimum absolute atomic E-state index is 0.264. The molecule has 0 aliphatic heterocycles. The predicted octanol–water partition coefficient (Wildman–Crippen LogP) is 5.42. The maximum atomic E-state index is 12.6. The van der Waals surface area contributed by atoms with Crippen molar-refractivity contribution in [3.63, 3.8) is 0 Å². The van der Waals surface area contributed by atoms with Gasteiger partial charge in [0.25, 0.3) is 11.7 Å². The van der Waals surface area contributed by atoms with Crippen LogP contribution < -0.4 is 5.32 Å². The van der Waals surface area contributed by atoms with E-state index in [0.717, 1.165) is 20.5 Å². The van der Waals surface area contributed by atoms with Crippen molar-refractivity contribution in [3.05, 3.63) is 57.2 Å². The van der Waals surface area contributed by atoms with Gasteiger partial charge in [0, 0.05) is 15.2 Å². The summed E-state index contributed by atoms with van der Waals surface area (Å²) < 4.78 is 25.2. The Labute approximate surface area is 156 Å². The van der Waals surface area contributed by atoms with E-state index >= 15 is 0 Å². The number of alkyl halides is 2. The first-order chi connectivity index (χ1) is 12.0. The first-order valence-corrected chi connectivity index (χ1v) is 9.94. The summed E-state index contributed by atoms with van der Waals surface area (Å²) >= 11 is 3.53. The van der Waals surface area contributed by atoms with Crippen molar-refractivity contribution < 1.29 is 13.6 Å². The smallest absolute Gasteiger partial charge is 0.288 e. The van der Waals surface area contributed by atoms with E-state index in [1.807, 2.05) is 24.4 Å². The number of nitrogens with zero attached hydrogens (tertiary/aromatic N) is 1. The fourth-order valence-electron chi connectivity index (χ4n) is 2.20. The normalized spacial score (nSPS) is 11.0. The highest BCUT2D eigenvalue weighted by Gasteiger charge is 2.15. The number of rotatable bonds is 6. The van der Waals surface area contributed by atoms with Crippen LogP contribution in [0.15, 0.2) is 46.7 Å². The lowest BCUT2D eigenvalue weighted by Crippen LogP contribution is -2.23. The molecule has 0 radical (unpaired) electrons. The van der Waals surface area contributed by atoms with Crippen LogP contribution in [0.3, 0.4) is 0 Å². The summed E-state index contributed by atoms with van der Waals surface area (Å²) in [5.74, 6) is -2.92. The number of hydrogen-bond acceptors (Lipinski definition) is 5. The van der Waals surface area contributed by atoms with Crippen LogP contribution in [0.2, 0.25) is 0 Å². The second-order valence-electron chi connectivity index (χ2n) is 5.08. The number of benzene rings is 1. The molecule has 130 valence electrons. The lowest BCUT2D eigenvalue weighted by atomic mass is 10.2. The lowest BCUT2D eigenvalue weighted by molar-refractivity contribution is 0.0948. The van der Waals surface area contributed by atoms with Crippen molar-refractivity contribution in [2.45, 2.75) is 24.1 Å². The number of nitrogens with one attached hydrogen (secondary N) is 1. The molecule has 2 aromatic heterocycles. The summed E-state index contributed by atoms with van der Waals surface area (Å²) in [7, 11) is 0. The average molecular weight is 397 g/mol. The van der Waals surface area contributed by atoms with Crippen molar-refractivity contribution in [2.75, 3.05) is 0 Å². The third-order valence-electron chi connectivity index (χ3n) is 3.30. The summed E-state index contributed by atoms with van der Waals surface area (Å²) in [6.45, 7) is 2.30. The van der Waals surface area contributed by atoms with Crippen LogP contribution in [0.5, 0.6) is 0 Å². The highest BCUT2D eigenvalue weighted by Crippen LogP contribution is 2.30. The molecule has 0 unspecified atom stereocenters. The highest BCUT2D eigenvalue weighted by molar-refractivity contribution is 7.99. The molecule has 3 rings (SSSR count). The Kier molecular flexibility index (Phi) is 5.82. The fourth-order valence-corrected chi connectivity index (χ4v) is 4.44. The molecular weight excluding hydrogens is 382 g/mol. The lowest BCUT2D eigenvalue weighted by Gasteiger charge is -2.08. The molecular formula is C17H14F2N2OS3. The zero-order chi connectivity index (χ0) is 17.8. The second-order valence-corrected chi connectivity index (χ2v) is 8.34. The number of aryl methyl sites for hydroxylation is 1. The molecule has 0 atom stereocenters. The van der Waals surface area contributed by atoms with Crippen LogP contribution in [0.25, 0.3) is 10.6 Å². The SMILES string of the molecule is Cc1nc(-c2ccc(CNC(=O)c3ccccc3SC(F)F)s2)cs1. The molecule has 0 saturated heterocycles. The van der Waals surface area contributed by atoms with Crippen LogP contribution in [0.4, 0.5) is 8.78 Å². The molecule has 0 spiro atoms. The minimum atomic E-state index is -2.56. The van der Waals surface area contributed by atoms with Gasteiger partial charge in [-0.2, -0.15) is 8.78 Å². The van der Waals surface area contributed by atoms with Gasteiger partial charge < -0.3 is 5.32 Å². The molecule has 0 saturated carbocycles. The van der Waals surface area contributed by atoms with Gasteiger partial charge in [0.1, 0.15) is 0 Å². The fraction of sp³-hybridized carbons (Fsp3) is 0.176. The Hall–Kier alpha value is -1.77. The molecule has 1 N–H and O–H groups in total. The summed E-state index contributed by atoms with van der Waals surface area (Å²) in [6.07, 6.45) is 0. The molecule has 8 heteroatoms. The van der Waals surface area contributed by atoms with Crippen LogP contribution in [-0.2, 0) is 6.54 Å². The third kappa shape index (κ3) is 4.65. The molecule has 2 heterocycles. The number of thioether (sulfide) groups is 1. The first-order valence-electron chi connectivity index (χ1n) is 7.36. The molecule has 0 aliphatic carbocycles. The summed E-state index contributed by atoms with van der Waals surface area (Å²) in [5, 5.41) is 5.80. The monoisotopic (exact) mass is 396 g/mol. The second kappa shape index (κ2) is 8.07. The Balaban J connectivity index is 1.66. The van der Waals surface area contributed by atoms with Gasteiger partial charge in [-0.3, -0.25) is 4.79 Å². The van der Waals surface area contributed by atoms with Crippen LogP contribution >= 0.6 is 34.4 Å². The number of thiophene rings is 1. The zero-order valence-electron chi connectivity index (χ0n) is 13.2. The van der Waals surface area contributed by atoms with Gasteiger partial charge in [0.05, 0.1) is 27.7 Å². The summed E-state index contributed by atoms with van der Waals surface area (Å²) in [5.41, 5.74) is 1.20. The first kappa shape index (κ1) is 18.0. The number of thiazole rings is 1. The molecule has 3 nitrogen and oxygen atoms in total. The van der Waals surface area contributed by atoms with E-state index in [-0.39, 0.29) is 16.4 Å².